The van der Waals surface area contributed by atoms with Gasteiger partial charge in [0.05, 0.1) is 25.6 Å². The van der Waals surface area contributed by atoms with Crippen molar-refractivity contribution < 1.29 is 14.8 Å². The smallest absolute Gasteiger partial charge is 0.230 e. The zero-order chi connectivity index (χ0) is 15.9. The average molecular weight is 305 g/mol. The molecule has 0 heterocycles. The fourth-order valence-electron chi connectivity index (χ4n) is 3.22. The van der Waals surface area contributed by atoms with Crippen molar-refractivity contribution in [1.29, 1.82) is 0 Å². The van der Waals surface area contributed by atoms with Crippen LogP contribution in [0, 0.1) is 5.92 Å². The Labute approximate surface area is 133 Å². The Morgan fingerprint density at radius 1 is 1.36 bits per heavy atom. The quantitative estimate of drug-likeness (QED) is 0.848. The van der Waals surface area contributed by atoms with Gasteiger partial charge in [0.1, 0.15) is 5.75 Å². The van der Waals surface area contributed by atoms with Crippen molar-refractivity contribution >= 4 is 11.6 Å². The number of hydrogen-bond acceptors (Lipinski definition) is 2. The minimum Gasteiger partial charge on any atom is -0.497 e. The lowest BCUT2D eigenvalue weighted by molar-refractivity contribution is -0.720. The molecule has 1 saturated carbocycles. The van der Waals surface area contributed by atoms with E-state index < -0.39 is 0 Å². The fraction of sp³-hybridized carbons (Fsp3) is 0.611. The number of hydrogen-bond donors (Lipinski definition) is 2. The van der Waals surface area contributed by atoms with E-state index in [1.807, 2.05) is 24.3 Å². The standard InChI is InChI=1S/C18H28N2O2/c1-13-7-9-15(10-8-13)19-14(2)11-18(21)20-16-5-4-6-17(12-16)22-3/h4-6,12-15,19H,7-11H2,1-3H3,(H,20,21)/p+1/t13?,14-,15?/m1/s1. The van der Waals surface area contributed by atoms with Crippen LogP contribution in [0.3, 0.4) is 0 Å². The van der Waals surface area contributed by atoms with Crippen LogP contribution in [0.1, 0.15) is 46.0 Å². The number of carbonyl (C=O) groups excluding carboxylic acids is 1. The first kappa shape index (κ1) is 16.8. The molecular formula is C18H29N2O2+. The molecule has 0 aliphatic heterocycles. The van der Waals surface area contributed by atoms with Gasteiger partial charge in [0.25, 0.3) is 0 Å². The number of amides is 1. The van der Waals surface area contributed by atoms with Gasteiger partial charge in [-0.05, 0) is 50.7 Å². The van der Waals surface area contributed by atoms with Gasteiger partial charge in [-0.25, -0.2) is 0 Å². The van der Waals surface area contributed by atoms with Crippen LogP contribution in [0.2, 0.25) is 0 Å². The van der Waals surface area contributed by atoms with E-state index in [0.29, 0.717) is 18.5 Å². The second kappa shape index (κ2) is 8.18. The fourth-order valence-corrected chi connectivity index (χ4v) is 3.22. The number of quaternary nitrogens is 1. The van der Waals surface area contributed by atoms with E-state index in [4.69, 9.17) is 4.74 Å². The molecule has 4 nitrogen and oxygen atoms in total. The summed E-state index contributed by atoms with van der Waals surface area (Å²) in [6, 6.07) is 8.50. The van der Waals surface area contributed by atoms with E-state index in [1.54, 1.807) is 7.11 Å². The minimum absolute atomic E-state index is 0.0705. The van der Waals surface area contributed by atoms with Gasteiger partial charge >= 0.3 is 0 Å². The lowest BCUT2D eigenvalue weighted by atomic mass is 9.87. The summed E-state index contributed by atoms with van der Waals surface area (Å²) in [4.78, 5) is 12.1. The number of carbonyl (C=O) groups is 1. The number of anilines is 1. The third-order valence-electron chi connectivity index (χ3n) is 4.52. The molecule has 122 valence electrons. The molecule has 4 heteroatoms. The van der Waals surface area contributed by atoms with Gasteiger partial charge in [-0.3, -0.25) is 4.79 Å². The number of ether oxygens (including phenoxy) is 1. The lowest BCUT2D eigenvalue weighted by Crippen LogP contribution is -2.94. The Morgan fingerprint density at radius 2 is 2.09 bits per heavy atom. The molecule has 0 radical (unpaired) electrons. The van der Waals surface area contributed by atoms with Crippen LogP contribution in [-0.4, -0.2) is 25.1 Å². The molecule has 0 spiro atoms. The highest BCUT2D eigenvalue weighted by Crippen LogP contribution is 2.21. The first-order valence-corrected chi connectivity index (χ1v) is 8.35. The first-order chi connectivity index (χ1) is 10.6. The summed E-state index contributed by atoms with van der Waals surface area (Å²) in [6.07, 6.45) is 5.75. The Bertz CT molecular complexity index is 482. The summed E-state index contributed by atoms with van der Waals surface area (Å²) < 4.78 is 5.17. The lowest BCUT2D eigenvalue weighted by Gasteiger charge is -2.26. The van der Waals surface area contributed by atoms with Crippen molar-refractivity contribution in [3.63, 3.8) is 0 Å². The second-order valence-corrected chi connectivity index (χ2v) is 6.67. The molecular weight excluding hydrogens is 276 g/mol. The number of nitrogens with one attached hydrogen (secondary N) is 1. The summed E-state index contributed by atoms with van der Waals surface area (Å²) in [7, 11) is 1.63. The van der Waals surface area contributed by atoms with Crippen LogP contribution in [0.25, 0.3) is 0 Å². The zero-order valence-corrected chi connectivity index (χ0v) is 14.0. The molecule has 0 bridgehead atoms. The van der Waals surface area contributed by atoms with Gasteiger partial charge < -0.3 is 15.4 Å². The van der Waals surface area contributed by atoms with Gasteiger partial charge in [-0.1, -0.05) is 13.0 Å². The third kappa shape index (κ3) is 5.34. The largest absolute Gasteiger partial charge is 0.497 e. The summed E-state index contributed by atoms with van der Waals surface area (Å²) >= 11 is 0. The number of benzene rings is 1. The van der Waals surface area contributed by atoms with Gasteiger partial charge in [0, 0.05) is 11.8 Å². The summed E-state index contributed by atoms with van der Waals surface area (Å²) in [5.74, 6) is 1.70. The maximum absolute atomic E-state index is 12.1. The van der Waals surface area contributed by atoms with Crippen LogP contribution >= 0.6 is 0 Å². The summed E-state index contributed by atoms with van der Waals surface area (Å²) in [6.45, 7) is 4.48. The predicted molar refractivity (Wildman–Crippen MR) is 89.0 cm³/mol. The first-order valence-electron chi connectivity index (χ1n) is 8.35. The molecule has 1 aromatic rings. The van der Waals surface area contributed by atoms with E-state index in [1.165, 1.54) is 25.7 Å². The highest BCUT2D eigenvalue weighted by atomic mass is 16.5. The van der Waals surface area contributed by atoms with E-state index >= 15 is 0 Å². The number of methoxy groups -OCH3 is 1. The topological polar surface area (TPSA) is 54.9 Å². The molecule has 0 saturated heterocycles. The third-order valence-corrected chi connectivity index (χ3v) is 4.52. The maximum atomic E-state index is 12.1. The molecule has 3 N–H and O–H groups in total. The Kier molecular flexibility index (Phi) is 6.25. The van der Waals surface area contributed by atoms with Gasteiger partial charge in [-0.2, -0.15) is 0 Å². The molecule has 22 heavy (non-hydrogen) atoms. The normalized spacial score (nSPS) is 22.9. The summed E-state index contributed by atoms with van der Waals surface area (Å²) in [5.41, 5.74) is 0.794. The molecule has 1 aromatic carbocycles. The number of rotatable bonds is 6. The van der Waals surface area contributed by atoms with E-state index in [9.17, 15) is 4.79 Å². The van der Waals surface area contributed by atoms with Crippen molar-refractivity contribution in [1.82, 2.24) is 0 Å². The summed E-state index contributed by atoms with van der Waals surface area (Å²) in [5, 5.41) is 5.34. The van der Waals surface area contributed by atoms with Crippen molar-refractivity contribution in [3.8, 4) is 5.75 Å². The highest BCUT2D eigenvalue weighted by molar-refractivity contribution is 5.91. The number of nitrogens with two attached hydrogens (primary N) is 1. The molecule has 1 amide bonds. The Balaban J connectivity index is 1.76. The van der Waals surface area contributed by atoms with Gasteiger partial charge in [0.15, 0.2) is 0 Å². The van der Waals surface area contributed by atoms with Gasteiger partial charge in [0.2, 0.25) is 5.91 Å². The van der Waals surface area contributed by atoms with E-state index in [0.717, 1.165) is 17.4 Å². The molecule has 1 aliphatic rings. The molecule has 0 unspecified atom stereocenters. The van der Waals surface area contributed by atoms with Crippen molar-refractivity contribution in [3.05, 3.63) is 24.3 Å². The average Bonchev–Trinajstić information content (AvgIpc) is 2.49. The van der Waals surface area contributed by atoms with Crippen molar-refractivity contribution in [2.45, 2.75) is 58.0 Å². The Morgan fingerprint density at radius 3 is 2.77 bits per heavy atom. The van der Waals surface area contributed by atoms with Crippen molar-refractivity contribution in [2.24, 2.45) is 5.92 Å². The van der Waals surface area contributed by atoms with Crippen molar-refractivity contribution in [2.75, 3.05) is 12.4 Å². The van der Waals surface area contributed by atoms with E-state index in [-0.39, 0.29) is 5.91 Å². The molecule has 2 rings (SSSR count). The van der Waals surface area contributed by atoms with E-state index in [2.05, 4.69) is 24.5 Å². The highest BCUT2D eigenvalue weighted by Gasteiger charge is 2.23. The van der Waals surface area contributed by atoms with Gasteiger partial charge in [-0.15, -0.1) is 0 Å². The molecule has 1 aliphatic carbocycles. The van der Waals surface area contributed by atoms with Crippen LogP contribution in [0.5, 0.6) is 5.75 Å². The monoisotopic (exact) mass is 305 g/mol. The SMILES string of the molecule is COc1cccc(NC(=O)C[C@@H](C)[NH2+]C2CCC(C)CC2)c1. The van der Waals surface area contributed by atoms with Crippen LogP contribution in [-0.2, 0) is 4.79 Å². The molecule has 1 fully saturated rings. The predicted octanol–water partition coefficient (Wildman–Crippen LogP) is 2.55. The van der Waals surface area contributed by atoms with Crippen LogP contribution in [0.4, 0.5) is 5.69 Å². The zero-order valence-electron chi connectivity index (χ0n) is 14.0. The molecule has 0 aromatic heterocycles. The maximum Gasteiger partial charge on any atom is 0.230 e. The molecule has 1 atom stereocenters. The van der Waals surface area contributed by atoms with Crippen LogP contribution < -0.4 is 15.4 Å². The minimum atomic E-state index is 0.0705. The second-order valence-electron chi connectivity index (χ2n) is 6.67. The Hall–Kier alpha value is -1.55. The van der Waals surface area contributed by atoms with Crippen LogP contribution in [0.15, 0.2) is 24.3 Å².